The van der Waals surface area contributed by atoms with Crippen molar-refractivity contribution in [3.05, 3.63) is 82.4 Å². The Labute approximate surface area is 291 Å². The minimum atomic E-state index is -3.55. The summed E-state index contributed by atoms with van der Waals surface area (Å²) in [5.41, 5.74) is 6.65. The summed E-state index contributed by atoms with van der Waals surface area (Å²) in [6.07, 6.45) is 2.94. The summed E-state index contributed by atoms with van der Waals surface area (Å²) in [6, 6.07) is 13.6. The van der Waals surface area contributed by atoms with Gasteiger partial charge >= 0.3 is 0 Å². The number of carbonyl (C=O) groups is 2. The van der Waals surface area contributed by atoms with Gasteiger partial charge in [-0.2, -0.15) is 0 Å². The van der Waals surface area contributed by atoms with Crippen LogP contribution in [0.3, 0.4) is 0 Å². The van der Waals surface area contributed by atoms with E-state index >= 15 is 0 Å². The molecule has 0 aromatic heterocycles. The van der Waals surface area contributed by atoms with E-state index in [9.17, 15) is 23.1 Å². The van der Waals surface area contributed by atoms with Crippen LogP contribution in [0.5, 0.6) is 11.5 Å². The number of amides is 2. The summed E-state index contributed by atoms with van der Waals surface area (Å²) in [4.78, 5) is 35.3. The largest absolute Gasteiger partial charge is 0.493 e. The van der Waals surface area contributed by atoms with E-state index < -0.39 is 16.1 Å². The zero-order chi connectivity index (χ0) is 35.0. The number of hydrogen-bond donors (Lipinski definition) is 2. The summed E-state index contributed by atoms with van der Waals surface area (Å²) in [6.45, 7) is 4.63. The molecule has 3 aliphatic heterocycles. The minimum absolute atomic E-state index is 0.0280. The van der Waals surface area contributed by atoms with Crippen LogP contribution in [0.4, 0.5) is 11.4 Å². The van der Waals surface area contributed by atoms with Crippen molar-refractivity contribution in [1.82, 2.24) is 9.62 Å². The number of alkyl halides is 1. The van der Waals surface area contributed by atoms with Crippen LogP contribution >= 0.6 is 11.6 Å². The fraction of sp³-hybridized carbons (Fsp3) is 0.361. The van der Waals surface area contributed by atoms with Crippen molar-refractivity contribution in [2.75, 3.05) is 44.6 Å². The molecule has 2 amide bonds. The quantitative estimate of drug-likeness (QED) is 0.291. The number of benzene rings is 3. The molecule has 0 saturated heterocycles. The van der Waals surface area contributed by atoms with Crippen LogP contribution in [0.25, 0.3) is 5.57 Å². The molecule has 258 valence electrons. The summed E-state index contributed by atoms with van der Waals surface area (Å²) >= 11 is 6.25. The third-order valence-electron chi connectivity index (χ3n) is 9.27. The molecule has 0 saturated carbocycles. The molecule has 3 aliphatic rings. The second-order valence-electron chi connectivity index (χ2n) is 12.5. The van der Waals surface area contributed by atoms with E-state index in [1.54, 1.807) is 52.4 Å². The molecule has 0 aliphatic carbocycles. The van der Waals surface area contributed by atoms with Crippen molar-refractivity contribution in [3.63, 3.8) is 0 Å². The van der Waals surface area contributed by atoms with E-state index in [4.69, 9.17) is 21.1 Å². The molecule has 49 heavy (non-hydrogen) atoms. The van der Waals surface area contributed by atoms with Gasteiger partial charge in [0, 0.05) is 42.9 Å². The first-order valence-electron chi connectivity index (χ1n) is 16.0. The lowest BCUT2D eigenvalue weighted by Crippen LogP contribution is -2.43. The standard InChI is InChI=1S/C36H39ClN4O7S/c1-21-11-22(2)35-25(17-37)19-41(31(35)12-21)34(43)14-27(42)20-48-33-16-30-29(15-32(33)47-4)36(44)40-10-9-24(13-26(40)18-39-30)23-5-7-28(8-6-23)49(45,46)38-3/h5-9,11-12,15-16,18,25-27,38,42H,10,13-14,17,19-20H2,1-4H3/t25-,26+,27-/m1/s1. The maximum absolute atomic E-state index is 13.7. The number of aryl methyl sites for hydroxylation is 2. The number of carbonyl (C=O) groups excluding carboxylic acids is 2. The van der Waals surface area contributed by atoms with Gasteiger partial charge in [0.25, 0.3) is 5.91 Å². The normalized spacial score (nSPS) is 19.1. The number of ether oxygens (including phenoxy) is 2. The van der Waals surface area contributed by atoms with Gasteiger partial charge in [-0.1, -0.05) is 24.3 Å². The third-order valence-corrected chi connectivity index (χ3v) is 11.1. The number of aliphatic imine (C=N–C) groups is 1. The number of methoxy groups -OCH3 is 1. The Hall–Kier alpha value is -4.23. The minimum Gasteiger partial charge on any atom is -0.493 e. The molecule has 3 aromatic carbocycles. The number of sulfonamides is 1. The molecule has 3 heterocycles. The molecule has 0 bridgehead atoms. The van der Waals surface area contributed by atoms with Crippen molar-refractivity contribution >= 4 is 56.6 Å². The van der Waals surface area contributed by atoms with Gasteiger partial charge in [0.2, 0.25) is 15.9 Å². The summed E-state index contributed by atoms with van der Waals surface area (Å²) in [5.74, 6) is 0.569. The Morgan fingerprint density at radius 3 is 2.59 bits per heavy atom. The highest BCUT2D eigenvalue weighted by Gasteiger charge is 2.35. The van der Waals surface area contributed by atoms with Gasteiger partial charge in [-0.15, -0.1) is 11.6 Å². The first kappa shape index (κ1) is 34.6. The van der Waals surface area contributed by atoms with Crippen molar-refractivity contribution in [1.29, 1.82) is 0 Å². The number of rotatable bonds is 10. The van der Waals surface area contributed by atoms with E-state index in [1.165, 1.54) is 14.2 Å². The van der Waals surface area contributed by atoms with E-state index in [-0.39, 0.29) is 47.4 Å². The number of fused-ring (bicyclic) bond motifs is 3. The molecule has 13 heteroatoms. The second-order valence-corrected chi connectivity index (χ2v) is 14.7. The molecule has 3 atom stereocenters. The van der Waals surface area contributed by atoms with Crippen molar-refractivity contribution < 1.29 is 32.6 Å². The summed E-state index contributed by atoms with van der Waals surface area (Å²) < 4.78 is 38.1. The van der Waals surface area contributed by atoms with Crippen LogP contribution in [0.2, 0.25) is 0 Å². The molecule has 0 radical (unpaired) electrons. The van der Waals surface area contributed by atoms with Crippen LogP contribution < -0.4 is 19.1 Å². The molecule has 2 N–H and O–H groups in total. The molecule has 0 fully saturated rings. The molecular formula is C36H39ClN4O7S. The number of aliphatic hydroxyl groups is 1. The van der Waals surface area contributed by atoms with Gasteiger partial charge in [0.05, 0.1) is 41.8 Å². The first-order valence-corrected chi connectivity index (χ1v) is 18.0. The molecular weight excluding hydrogens is 668 g/mol. The highest BCUT2D eigenvalue weighted by molar-refractivity contribution is 7.89. The SMILES string of the molecule is CNS(=O)(=O)c1ccc(C2=CCN3C(=O)c4cc(OC)c(OC[C@H](O)CC(=O)N5C[C@@H](CCl)c6c(C)cc(C)cc65)cc4N=C[C@@H]3C2)cc1. The monoisotopic (exact) mass is 706 g/mol. The van der Waals surface area contributed by atoms with Crippen LogP contribution in [0.15, 0.2) is 64.5 Å². The average molecular weight is 707 g/mol. The second kappa shape index (κ2) is 13.9. The third kappa shape index (κ3) is 6.83. The first-order chi connectivity index (χ1) is 23.4. The van der Waals surface area contributed by atoms with Crippen LogP contribution in [-0.4, -0.2) is 88.3 Å². The topological polar surface area (TPSA) is 138 Å². The average Bonchev–Trinajstić information content (AvgIpc) is 3.42. The fourth-order valence-electron chi connectivity index (χ4n) is 6.79. The lowest BCUT2D eigenvalue weighted by molar-refractivity contribution is -0.120. The predicted octanol–water partition coefficient (Wildman–Crippen LogP) is 4.73. The van der Waals surface area contributed by atoms with E-state index in [0.29, 0.717) is 42.4 Å². The maximum atomic E-state index is 13.7. The zero-order valence-electron chi connectivity index (χ0n) is 27.8. The molecule has 6 rings (SSSR count). The van der Waals surface area contributed by atoms with Gasteiger partial charge < -0.3 is 24.4 Å². The molecule has 11 nitrogen and oxygen atoms in total. The zero-order valence-corrected chi connectivity index (χ0v) is 29.3. The Kier molecular flexibility index (Phi) is 9.86. The molecule has 0 spiro atoms. The van der Waals surface area contributed by atoms with Crippen molar-refractivity contribution in [2.24, 2.45) is 4.99 Å². The van der Waals surface area contributed by atoms with Crippen LogP contribution in [-0.2, 0) is 14.8 Å². The Balaban J connectivity index is 1.14. The van der Waals surface area contributed by atoms with Crippen LogP contribution in [0.1, 0.15) is 51.4 Å². The van der Waals surface area contributed by atoms with Gasteiger partial charge in [-0.25, -0.2) is 13.1 Å². The smallest absolute Gasteiger partial charge is 0.257 e. The number of halogens is 1. The van der Waals surface area contributed by atoms with Gasteiger partial charge in [0.1, 0.15) is 6.61 Å². The van der Waals surface area contributed by atoms with Crippen molar-refractivity contribution in [2.45, 2.75) is 49.6 Å². The van der Waals surface area contributed by atoms with Gasteiger partial charge in [-0.05, 0) is 79.4 Å². The fourth-order valence-corrected chi connectivity index (χ4v) is 7.77. The highest BCUT2D eigenvalue weighted by atomic mass is 35.5. The molecule has 0 unspecified atom stereocenters. The molecule has 3 aromatic rings. The van der Waals surface area contributed by atoms with E-state index in [0.717, 1.165) is 33.5 Å². The van der Waals surface area contributed by atoms with E-state index in [2.05, 4.69) is 15.8 Å². The van der Waals surface area contributed by atoms with Gasteiger partial charge in [-0.3, -0.25) is 14.6 Å². The van der Waals surface area contributed by atoms with E-state index in [1.807, 2.05) is 26.0 Å². The Morgan fingerprint density at radius 1 is 1.14 bits per heavy atom. The lowest BCUT2D eigenvalue weighted by atomic mass is 9.94. The number of hydrogen-bond acceptors (Lipinski definition) is 8. The number of anilines is 1. The summed E-state index contributed by atoms with van der Waals surface area (Å²) in [5, 5.41) is 10.9. The van der Waals surface area contributed by atoms with Crippen molar-refractivity contribution in [3.8, 4) is 11.5 Å². The maximum Gasteiger partial charge on any atom is 0.257 e. The number of nitrogens with one attached hydrogen (secondary N) is 1. The highest BCUT2D eigenvalue weighted by Crippen LogP contribution is 2.41. The van der Waals surface area contributed by atoms with Crippen LogP contribution in [0, 0.1) is 13.8 Å². The Bertz CT molecular complexity index is 1960. The Morgan fingerprint density at radius 2 is 1.90 bits per heavy atom. The number of aliphatic hydroxyl groups excluding tert-OH is 1. The predicted molar refractivity (Wildman–Crippen MR) is 189 cm³/mol. The number of nitrogens with zero attached hydrogens (tertiary/aromatic N) is 3. The summed E-state index contributed by atoms with van der Waals surface area (Å²) in [7, 11) is -0.716. The van der Waals surface area contributed by atoms with Gasteiger partial charge in [0.15, 0.2) is 11.5 Å². The lowest BCUT2D eigenvalue weighted by Gasteiger charge is -2.32.